The second kappa shape index (κ2) is 6.71. The van der Waals surface area contributed by atoms with Crippen LogP contribution >= 0.6 is 15.9 Å². The smallest absolute Gasteiger partial charge is 0.251 e. The van der Waals surface area contributed by atoms with Crippen LogP contribution in [0.4, 0.5) is 0 Å². The molecule has 0 aliphatic heterocycles. The molecule has 2 aromatic rings. The third kappa shape index (κ3) is 3.14. The van der Waals surface area contributed by atoms with Gasteiger partial charge in [0.2, 0.25) is 0 Å². The number of carbonyl (C=O) groups is 1. The van der Waals surface area contributed by atoms with Gasteiger partial charge in [-0.2, -0.15) is 0 Å². The van der Waals surface area contributed by atoms with Gasteiger partial charge in [0.25, 0.3) is 5.56 Å². The number of aryl methyl sites for hydroxylation is 1. The summed E-state index contributed by atoms with van der Waals surface area (Å²) in [5, 5.41) is 0. The molecule has 1 aliphatic carbocycles. The van der Waals surface area contributed by atoms with E-state index in [1.165, 1.54) is 29.9 Å². The summed E-state index contributed by atoms with van der Waals surface area (Å²) >= 11 is 3.37. The summed E-state index contributed by atoms with van der Waals surface area (Å²) in [5.41, 5.74) is 2.70. The fraction of sp³-hybridized carbons (Fsp3) is 0.474. The van der Waals surface area contributed by atoms with Crippen molar-refractivity contribution in [2.75, 3.05) is 0 Å². The minimum atomic E-state index is -0.521. The molecule has 3 rings (SSSR count). The number of ketones is 1. The molecule has 0 spiro atoms. The molecule has 0 radical (unpaired) electrons. The zero-order valence-corrected chi connectivity index (χ0v) is 16.0. The van der Waals surface area contributed by atoms with Crippen LogP contribution in [0, 0.1) is 19.8 Å². The quantitative estimate of drug-likeness (QED) is 0.715. The van der Waals surface area contributed by atoms with Crippen LogP contribution in [0.3, 0.4) is 0 Å². The van der Waals surface area contributed by atoms with E-state index in [0.717, 1.165) is 33.9 Å². The van der Waals surface area contributed by atoms with E-state index < -0.39 is 6.04 Å². The molecule has 0 aromatic carbocycles. The lowest BCUT2D eigenvalue weighted by atomic mass is 9.85. The Kier molecular flexibility index (Phi) is 4.81. The lowest BCUT2D eigenvalue weighted by Gasteiger charge is -2.27. The fourth-order valence-electron chi connectivity index (χ4n) is 3.40. The summed E-state index contributed by atoms with van der Waals surface area (Å²) in [6, 6.07) is 4.62. The van der Waals surface area contributed by atoms with Gasteiger partial charge in [-0.3, -0.25) is 9.59 Å². The van der Waals surface area contributed by atoms with Crippen molar-refractivity contribution >= 4 is 21.7 Å². The normalized spacial score (nSPS) is 16.0. The molecule has 1 saturated carbocycles. The van der Waals surface area contributed by atoms with Crippen molar-refractivity contribution in [2.45, 2.75) is 52.6 Å². The number of Topliss-reactive ketones (excluding diaryl/α,β-unsaturated/α-hetero) is 1. The maximum absolute atomic E-state index is 13.0. The van der Waals surface area contributed by atoms with Crippen molar-refractivity contribution in [3.05, 3.63) is 56.2 Å². The molecule has 2 aromatic heterocycles. The first-order valence-corrected chi connectivity index (χ1v) is 9.26. The molecule has 5 heteroatoms. The standard InChI is InChI=1S/C19H23BrN2O2/c1-12-9-17(13(2)21(12)10-15-5-4-6-15)19(24)14(3)22-11-16(20)7-8-18(22)23/h7-9,11,14-15H,4-6,10H2,1-3H3. The van der Waals surface area contributed by atoms with Crippen molar-refractivity contribution in [1.29, 1.82) is 0 Å². The minimum Gasteiger partial charge on any atom is -0.348 e. The predicted octanol–water partition coefficient (Wildman–Crippen LogP) is 4.27. The molecule has 1 fully saturated rings. The lowest BCUT2D eigenvalue weighted by molar-refractivity contribution is 0.0932. The van der Waals surface area contributed by atoms with Crippen molar-refractivity contribution in [3.63, 3.8) is 0 Å². The number of rotatable bonds is 5. The van der Waals surface area contributed by atoms with E-state index >= 15 is 0 Å². The zero-order chi connectivity index (χ0) is 17.4. The molecule has 0 saturated heterocycles. The summed E-state index contributed by atoms with van der Waals surface area (Å²) in [6.45, 7) is 6.85. The Hall–Kier alpha value is -1.62. The van der Waals surface area contributed by atoms with Gasteiger partial charge in [0.05, 0.1) is 6.04 Å². The molecule has 0 bridgehead atoms. The Balaban J connectivity index is 1.90. The number of halogens is 1. The number of pyridine rings is 1. The Morgan fingerprint density at radius 1 is 1.33 bits per heavy atom. The topological polar surface area (TPSA) is 44.0 Å². The monoisotopic (exact) mass is 390 g/mol. The first-order chi connectivity index (χ1) is 11.4. The second-order valence-corrected chi connectivity index (χ2v) is 7.74. The van der Waals surface area contributed by atoms with Crippen LogP contribution in [0.1, 0.15) is 54.0 Å². The van der Waals surface area contributed by atoms with E-state index in [2.05, 4.69) is 27.4 Å². The van der Waals surface area contributed by atoms with E-state index in [1.807, 2.05) is 13.0 Å². The largest absolute Gasteiger partial charge is 0.348 e. The number of hydrogen-bond donors (Lipinski definition) is 0. The van der Waals surface area contributed by atoms with Crippen LogP contribution in [0.25, 0.3) is 0 Å². The van der Waals surface area contributed by atoms with Gasteiger partial charge in [-0.25, -0.2) is 0 Å². The average Bonchev–Trinajstić information content (AvgIpc) is 2.79. The van der Waals surface area contributed by atoms with Crippen molar-refractivity contribution in [2.24, 2.45) is 5.92 Å². The van der Waals surface area contributed by atoms with Gasteiger partial charge in [-0.05, 0) is 67.6 Å². The van der Waals surface area contributed by atoms with Crippen LogP contribution in [0.2, 0.25) is 0 Å². The number of carbonyl (C=O) groups excluding carboxylic acids is 1. The first kappa shape index (κ1) is 17.2. The predicted molar refractivity (Wildman–Crippen MR) is 98.7 cm³/mol. The van der Waals surface area contributed by atoms with Crippen LogP contribution in [-0.2, 0) is 6.54 Å². The molecule has 4 nitrogen and oxygen atoms in total. The third-order valence-electron chi connectivity index (χ3n) is 5.20. The second-order valence-electron chi connectivity index (χ2n) is 6.83. The van der Waals surface area contributed by atoms with E-state index in [-0.39, 0.29) is 11.3 Å². The molecule has 0 amide bonds. The van der Waals surface area contributed by atoms with Crippen molar-refractivity contribution in [1.82, 2.24) is 9.13 Å². The summed E-state index contributed by atoms with van der Waals surface area (Å²) in [6.07, 6.45) is 5.56. The van der Waals surface area contributed by atoms with Gasteiger partial charge in [-0.1, -0.05) is 6.42 Å². The lowest BCUT2D eigenvalue weighted by Crippen LogP contribution is -2.27. The van der Waals surface area contributed by atoms with E-state index in [4.69, 9.17) is 0 Å². The van der Waals surface area contributed by atoms with Gasteiger partial charge in [-0.15, -0.1) is 0 Å². The fourth-order valence-corrected chi connectivity index (χ4v) is 3.75. The molecule has 0 N–H and O–H groups in total. The minimum absolute atomic E-state index is 0.0110. The molecule has 1 aliphatic rings. The van der Waals surface area contributed by atoms with Gasteiger partial charge < -0.3 is 9.13 Å². The highest BCUT2D eigenvalue weighted by atomic mass is 79.9. The van der Waals surface area contributed by atoms with Crippen molar-refractivity contribution < 1.29 is 4.79 Å². The Bertz CT molecular complexity index is 830. The highest BCUT2D eigenvalue weighted by Crippen LogP contribution is 2.30. The first-order valence-electron chi connectivity index (χ1n) is 8.47. The van der Waals surface area contributed by atoms with E-state index in [1.54, 1.807) is 19.2 Å². The summed E-state index contributed by atoms with van der Waals surface area (Å²) < 4.78 is 4.54. The Morgan fingerprint density at radius 2 is 2.04 bits per heavy atom. The number of hydrogen-bond acceptors (Lipinski definition) is 2. The maximum Gasteiger partial charge on any atom is 0.251 e. The molecular weight excluding hydrogens is 368 g/mol. The maximum atomic E-state index is 13.0. The van der Waals surface area contributed by atoms with E-state index in [0.29, 0.717) is 0 Å². The van der Waals surface area contributed by atoms with Crippen molar-refractivity contribution in [3.8, 4) is 0 Å². The zero-order valence-electron chi connectivity index (χ0n) is 14.4. The molecule has 24 heavy (non-hydrogen) atoms. The highest BCUT2D eigenvalue weighted by Gasteiger charge is 2.25. The van der Waals surface area contributed by atoms with Crippen LogP contribution in [0.15, 0.2) is 33.7 Å². The summed E-state index contributed by atoms with van der Waals surface area (Å²) in [4.78, 5) is 25.1. The van der Waals surface area contributed by atoms with Gasteiger partial charge in [0.1, 0.15) is 0 Å². The number of aromatic nitrogens is 2. The Morgan fingerprint density at radius 3 is 2.67 bits per heavy atom. The summed E-state index contributed by atoms with van der Waals surface area (Å²) in [5.74, 6) is 0.728. The molecule has 2 heterocycles. The van der Waals surface area contributed by atoms with Crippen LogP contribution < -0.4 is 5.56 Å². The van der Waals surface area contributed by atoms with E-state index in [9.17, 15) is 9.59 Å². The van der Waals surface area contributed by atoms with Crippen LogP contribution in [0.5, 0.6) is 0 Å². The third-order valence-corrected chi connectivity index (χ3v) is 5.67. The van der Waals surface area contributed by atoms with Crippen LogP contribution in [-0.4, -0.2) is 14.9 Å². The van der Waals surface area contributed by atoms with Gasteiger partial charge in [0.15, 0.2) is 5.78 Å². The Labute approximate surface area is 150 Å². The average molecular weight is 391 g/mol. The molecule has 1 unspecified atom stereocenters. The number of nitrogens with zero attached hydrogens (tertiary/aromatic N) is 2. The van der Waals surface area contributed by atoms with Gasteiger partial charge in [0, 0.05) is 40.2 Å². The molecule has 128 valence electrons. The SMILES string of the molecule is Cc1cc(C(=O)C(C)n2cc(Br)ccc2=O)c(C)n1CC1CCC1. The summed E-state index contributed by atoms with van der Waals surface area (Å²) in [7, 11) is 0. The molecule has 1 atom stereocenters. The van der Waals surface area contributed by atoms with Gasteiger partial charge >= 0.3 is 0 Å². The highest BCUT2D eigenvalue weighted by molar-refractivity contribution is 9.10. The molecular formula is C19H23BrN2O2.